The van der Waals surface area contributed by atoms with Crippen molar-refractivity contribution in [1.29, 1.82) is 0 Å². The van der Waals surface area contributed by atoms with Crippen LogP contribution in [0.15, 0.2) is 23.6 Å². The molecule has 166 valence electrons. The van der Waals surface area contributed by atoms with Crippen LogP contribution in [-0.4, -0.2) is 63.9 Å². The van der Waals surface area contributed by atoms with Gasteiger partial charge in [-0.2, -0.15) is 5.10 Å². The van der Waals surface area contributed by atoms with Crippen LogP contribution in [0.1, 0.15) is 34.9 Å². The first-order valence-electron chi connectivity index (χ1n) is 10.5. The number of hydrogen-bond donors (Lipinski definition) is 1. The molecular weight excluding hydrogens is 409 g/mol. The van der Waals surface area contributed by atoms with Gasteiger partial charge in [0.05, 0.1) is 11.7 Å². The molecule has 1 aliphatic heterocycles. The summed E-state index contributed by atoms with van der Waals surface area (Å²) in [5, 5.41) is 7.83. The number of piperazine rings is 1. The summed E-state index contributed by atoms with van der Waals surface area (Å²) in [5.41, 5.74) is 4.29. The quantitative estimate of drug-likeness (QED) is 0.634. The Morgan fingerprint density at radius 1 is 1.16 bits per heavy atom. The minimum Gasteiger partial charge on any atom is -0.353 e. The highest BCUT2D eigenvalue weighted by Gasteiger charge is 2.25. The number of halogens is 1. The monoisotopic (exact) mass is 435 g/mol. The van der Waals surface area contributed by atoms with E-state index in [-0.39, 0.29) is 17.3 Å². The normalized spacial score (nSPS) is 15.2. The molecule has 0 spiro atoms. The Morgan fingerprint density at radius 2 is 1.88 bits per heavy atom. The summed E-state index contributed by atoms with van der Waals surface area (Å²) in [7, 11) is 0. The van der Waals surface area contributed by atoms with E-state index in [9.17, 15) is 4.79 Å². The Labute approximate surface area is 185 Å². The summed E-state index contributed by atoms with van der Waals surface area (Å²) >= 11 is 0. The number of hydrogen-bond acceptors (Lipinski definition) is 6. The fourth-order valence-corrected chi connectivity index (χ4v) is 4.22. The molecule has 3 aromatic rings. The van der Waals surface area contributed by atoms with Crippen molar-refractivity contribution in [2.75, 3.05) is 31.1 Å². The molecule has 1 N–H and O–H groups in total. The number of fused-ring (bicyclic) bond motifs is 1. The van der Waals surface area contributed by atoms with E-state index in [0.717, 1.165) is 22.0 Å². The molecule has 1 aliphatic rings. The average molecular weight is 436 g/mol. The van der Waals surface area contributed by atoms with Crippen molar-refractivity contribution in [2.24, 2.45) is 4.99 Å². The number of aliphatic imine (C=N–C) groups is 1. The van der Waals surface area contributed by atoms with E-state index in [2.05, 4.69) is 36.8 Å². The van der Waals surface area contributed by atoms with Crippen LogP contribution < -0.4 is 4.90 Å². The molecule has 0 saturated carbocycles. The van der Waals surface area contributed by atoms with Crippen LogP contribution in [-0.2, 0) is 4.79 Å². The zero-order valence-corrected chi connectivity index (χ0v) is 18.7. The lowest BCUT2D eigenvalue weighted by Crippen LogP contribution is -2.48. The van der Waals surface area contributed by atoms with Crippen LogP contribution >= 0.6 is 0 Å². The molecule has 1 saturated heterocycles. The maximum absolute atomic E-state index is 16.0. The first-order valence-corrected chi connectivity index (χ1v) is 10.5. The predicted molar refractivity (Wildman–Crippen MR) is 124 cm³/mol. The van der Waals surface area contributed by atoms with Crippen LogP contribution in [0.3, 0.4) is 0 Å². The van der Waals surface area contributed by atoms with E-state index < -0.39 is 5.83 Å². The number of amides is 1. The number of carbonyl (C=O) groups is 1. The molecule has 0 radical (unpaired) electrons. The van der Waals surface area contributed by atoms with Crippen molar-refractivity contribution in [3.63, 3.8) is 0 Å². The molecule has 32 heavy (non-hydrogen) atoms. The molecule has 3 heterocycles. The second-order valence-electron chi connectivity index (χ2n) is 8.01. The molecule has 0 atom stereocenters. The first-order chi connectivity index (χ1) is 15.3. The predicted octanol–water partition coefficient (Wildman–Crippen LogP) is 3.44. The van der Waals surface area contributed by atoms with Gasteiger partial charge in [-0.3, -0.25) is 14.9 Å². The number of aromatic amines is 1. The third kappa shape index (κ3) is 3.63. The van der Waals surface area contributed by atoms with E-state index in [4.69, 9.17) is 0 Å². The maximum atomic E-state index is 16.0. The van der Waals surface area contributed by atoms with Gasteiger partial charge in [0, 0.05) is 49.6 Å². The van der Waals surface area contributed by atoms with Crippen LogP contribution in [0, 0.1) is 20.8 Å². The van der Waals surface area contributed by atoms with E-state index in [1.54, 1.807) is 24.9 Å². The third-order valence-corrected chi connectivity index (χ3v) is 6.16. The number of aromatic nitrogens is 4. The van der Waals surface area contributed by atoms with Gasteiger partial charge in [0.25, 0.3) is 0 Å². The van der Waals surface area contributed by atoms with Gasteiger partial charge in [0.15, 0.2) is 5.83 Å². The number of anilines is 1. The molecule has 0 unspecified atom stereocenters. The summed E-state index contributed by atoms with van der Waals surface area (Å²) in [6, 6.07) is 1.98. The number of aryl methyl sites for hydroxylation is 1. The summed E-state index contributed by atoms with van der Waals surface area (Å²) in [5.74, 6) is 0.158. The van der Waals surface area contributed by atoms with Crippen LogP contribution in [0.5, 0.6) is 0 Å². The van der Waals surface area contributed by atoms with E-state index in [0.29, 0.717) is 43.1 Å². The molecule has 0 aliphatic carbocycles. The maximum Gasteiger partial charge on any atom is 0.219 e. The molecule has 9 heteroatoms. The molecule has 1 fully saturated rings. The van der Waals surface area contributed by atoms with Crippen molar-refractivity contribution in [1.82, 2.24) is 25.1 Å². The van der Waals surface area contributed by atoms with Gasteiger partial charge in [0.1, 0.15) is 23.5 Å². The van der Waals surface area contributed by atoms with Crippen LogP contribution in [0.2, 0.25) is 0 Å². The van der Waals surface area contributed by atoms with Gasteiger partial charge < -0.3 is 9.80 Å². The van der Waals surface area contributed by atoms with Gasteiger partial charge in [-0.1, -0.05) is 0 Å². The highest BCUT2D eigenvalue weighted by Crippen LogP contribution is 2.37. The van der Waals surface area contributed by atoms with Crippen molar-refractivity contribution in [3.05, 3.63) is 46.5 Å². The zero-order chi connectivity index (χ0) is 23.0. The Balaban J connectivity index is 1.79. The summed E-state index contributed by atoms with van der Waals surface area (Å²) < 4.78 is 16.0. The van der Waals surface area contributed by atoms with Crippen molar-refractivity contribution >= 4 is 40.9 Å². The average Bonchev–Trinajstić information content (AvgIpc) is 3.24. The Bertz CT molecular complexity index is 1240. The lowest BCUT2D eigenvalue weighted by atomic mass is 9.96. The molecular formula is C23H26FN7O. The first kappa shape index (κ1) is 21.6. The van der Waals surface area contributed by atoms with Crippen LogP contribution in [0.4, 0.5) is 10.2 Å². The lowest BCUT2D eigenvalue weighted by Gasteiger charge is -2.35. The van der Waals surface area contributed by atoms with Crippen LogP contribution in [0.25, 0.3) is 22.4 Å². The minimum absolute atomic E-state index is 0.0551. The molecule has 1 aromatic carbocycles. The number of nitrogens with zero attached hydrogens (tertiary/aromatic N) is 6. The fraction of sp³-hybridized carbons (Fsp3) is 0.348. The second kappa shape index (κ2) is 8.49. The highest BCUT2D eigenvalue weighted by atomic mass is 19.1. The minimum atomic E-state index is -0.556. The smallest absolute Gasteiger partial charge is 0.219 e. The molecule has 0 bridgehead atoms. The molecule has 1 amide bonds. The highest BCUT2D eigenvalue weighted by molar-refractivity contribution is 6.00. The topological polar surface area (TPSA) is 90.4 Å². The Kier molecular flexibility index (Phi) is 5.73. The molecule has 8 nitrogen and oxygen atoms in total. The second-order valence-corrected chi connectivity index (χ2v) is 8.01. The van der Waals surface area contributed by atoms with E-state index in [1.807, 2.05) is 19.9 Å². The van der Waals surface area contributed by atoms with Gasteiger partial charge in [-0.25, -0.2) is 14.4 Å². The summed E-state index contributed by atoms with van der Waals surface area (Å²) in [6.07, 6.45) is 3.04. The third-order valence-electron chi connectivity index (χ3n) is 6.16. The van der Waals surface area contributed by atoms with Crippen molar-refractivity contribution < 1.29 is 9.18 Å². The SMILES string of the molecule is C=N/C(=C(/F)c1ncnc(N2CCN(C(C)=O)CC2)c1C)c1c(C)c(C)cc2[nH]ncc12. The number of carbonyl (C=O) groups excluding carboxylic acids is 1. The lowest BCUT2D eigenvalue weighted by molar-refractivity contribution is -0.129. The fourth-order valence-electron chi connectivity index (χ4n) is 4.22. The number of nitrogens with one attached hydrogen (secondary N) is 1. The van der Waals surface area contributed by atoms with E-state index >= 15 is 4.39 Å². The van der Waals surface area contributed by atoms with E-state index in [1.165, 1.54) is 6.33 Å². The molecule has 4 rings (SSSR count). The summed E-state index contributed by atoms with van der Waals surface area (Å²) in [4.78, 5) is 28.2. The largest absolute Gasteiger partial charge is 0.353 e. The van der Waals surface area contributed by atoms with Gasteiger partial charge >= 0.3 is 0 Å². The van der Waals surface area contributed by atoms with Crippen molar-refractivity contribution in [3.8, 4) is 0 Å². The number of rotatable bonds is 4. The van der Waals surface area contributed by atoms with Crippen molar-refractivity contribution in [2.45, 2.75) is 27.7 Å². The number of benzene rings is 1. The number of H-pyrrole nitrogens is 1. The van der Waals surface area contributed by atoms with Gasteiger partial charge in [-0.15, -0.1) is 0 Å². The Morgan fingerprint density at radius 3 is 2.53 bits per heavy atom. The molecule has 2 aromatic heterocycles. The van der Waals surface area contributed by atoms with Gasteiger partial charge in [0.2, 0.25) is 5.91 Å². The zero-order valence-electron chi connectivity index (χ0n) is 18.7. The summed E-state index contributed by atoms with van der Waals surface area (Å²) in [6.45, 7) is 13.4. The standard InChI is InChI=1S/C23H26FN7O/c1-13-10-18-17(11-28-29-18)19(14(13)2)22(25-5)20(24)21-15(3)23(27-12-26-21)31-8-6-30(7-9-31)16(4)32/h10-12H,5-9H2,1-4H3,(H,28,29)/b22-20+. The van der Waals surface area contributed by atoms with Gasteiger partial charge in [-0.05, 0) is 44.7 Å². The Hall–Kier alpha value is -3.62.